The molecule has 64 valence electrons. The lowest BCUT2D eigenvalue weighted by Gasteiger charge is -2.01. The highest BCUT2D eigenvalue weighted by Crippen LogP contribution is 2.20. The second-order valence-electron chi connectivity index (χ2n) is 2.47. The van der Waals surface area contributed by atoms with E-state index >= 15 is 0 Å². The van der Waals surface area contributed by atoms with Gasteiger partial charge in [-0.1, -0.05) is 12.2 Å². The van der Waals surface area contributed by atoms with E-state index in [9.17, 15) is 13.6 Å². The lowest BCUT2D eigenvalue weighted by molar-refractivity contribution is -0.105. The molecule has 0 bridgehead atoms. The van der Waals surface area contributed by atoms with Gasteiger partial charge in [0.05, 0.1) is 0 Å². The maximum Gasteiger partial charge on any atom is 0.149 e. The fraction of sp³-hybridized carbons (Fsp3) is 0.222. The van der Waals surface area contributed by atoms with Crippen LogP contribution in [0, 0.1) is 0 Å². The Hall–Kier alpha value is -1.25. The van der Waals surface area contributed by atoms with Gasteiger partial charge in [-0.2, -0.15) is 0 Å². The smallest absolute Gasteiger partial charge is 0.149 e. The summed E-state index contributed by atoms with van der Waals surface area (Å²) in [6.45, 7) is 0. The summed E-state index contributed by atoms with van der Waals surface area (Å²) in [5.41, 5.74) is -0.104. The SMILES string of the molecule is O=C/C1=C(\F)CC=C/C=C(/F)C1. The number of hydrogen-bond acceptors (Lipinski definition) is 1. The molecule has 0 fully saturated rings. The Morgan fingerprint density at radius 1 is 1.42 bits per heavy atom. The van der Waals surface area contributed by atoms with Crippen LogP contribution in [0.15, 0.2) is 35.5 Å². The molecule has 0 spiro atoms. The fourth-order valence-corrected chi connectivity index (χ4v) is 0.917. The van der Waals surface area contributed by atoms with E-state index in [1.54, 1.807) is 0 Å². The Morgan fingerprint density at radius 2 is 2.17 bits per heavy atom. The molecule has 0 N–H and O–H groups in total. The molecule has 0 aromatic carbocycles. The highest BCUT2D eigenvalue weighted by molar-refractivity contribution is 5.74. The molecule has 0 aliphatic heterocycles. The van der Waals surface area contributed by atoms with Gasteiger partial charge in [-0.25, -0.2) is 8.78 Å². The van der Waals surface area contributed by atoms with Crippen molar-refractivity contribution in [2.45, 2.75) is 12.8 Å². The standard InChI is InChI=1S/C9H8F2O/c10-8-3-1-2-4-9(11)7(5-8)6-12/h1-3,6H,4-5H2/b2-1?,8-3+,9-7-. The molecule has 12 heavy (non-hydrogen) atoms. The Bertz CT molecular complexity index is 274. The average Bonchev–Trinajstić information content (AvgIpc) is 2.05. The van der Waals surface area contributed by atoms with Crippen molar-refractivity contribution in [1.82, 2.24) is 0 Å². The molecule has 0 aromatic heterocycles. The van der Waals surface area contributed by atoms with Crippen LogP contribution in [0.3, 0.4) is 0 Å². The van der Waals surface area contributed by atoms with Crippen LogP contribution in [-0.2, 0) is 4.79 Å². The third-order valence-corrected chi connectivity index (χ3v) is 1.56. The summed E-state index contributed by atoms with van der Waals surface area (Å²) in [5, 5.41) is 0. The van der Waals surface area contributed by atoms with Crippen molar-refractivity contribution in [3.8, 4) is 0 Å². The summed E-state index contributed by atoms with van der Waals surface area (Å²) >= 11 is 0. The first kappa shape index (κ1) is 8.84. The molecule has 1 aliphatic rings. The third-order valence-electron chi connectivity index (χ3n) is 1.56. The lowest BCUT2D eigenvalue weighted by Crippen LogP contribution is -1.92. The molecule has 0 amide bonds. The molecule has 1 nitrogen and oxygen atoms in total. The van der Waals surface area contributed by atoms with Crippen molar-refractivity contribution < 1.29 is 13.6 Å². The summed E-state index contributed by atoms with van der Waals surface area (Å²) in [6, 6.07) is 0. The Balaban J connectivity index is 2.95. The van der Waals surface area contributed by atoms with Gasteiger partial charge in [0.25, 0.3) is 0 Å². The predicted molar refractivity (Wildman–Crippen MR) is 41.8 cm³/mol. The molecule has 0 saturated heterocycles. The van der Waals surface area contributed by atoms with Crippen molar-refractivity contribution >= 4 is 6.29 Å². The highest BCUT2D eigenvalue weighted by atomic mass is 19.1. The molecule has 0 aromatic rings. The Kier molecular flexibility index (Phi) is 2.91. The minimum Gasteiger partial charge on any atom is -0.298 e. The maximum atomic E-state index is 12.9. The molecule has 0 atom stereocenters. The third kappa shape index (κ3) is 2.12. The first-order chi connectivity index (χ1) is 5.74. The molecule has 0 saturated carbocycles. The summed E-state index contributed by atoms with van der Waals surface area (Å²) in [7, 11) is 0. The van der Waals surface area contributed by atoms with E-state index in [4.69, 9.17) is 0 Å². The molecule has 0 heterocycles. The van der Waals surface area contributed by atoms with E-state index in [2.05, 4.69) is 0 Å². The lowest BCUT2D eigenvalue weighted by atomic mass is 10.1. The van der Waals surface area contributed by atoms with Gasteiger partial charge in [-0.15, -0.1) is 0 Å². The van der Waals surface area contributed by atoms with Gasteiger partial charge in [-0.3, -0.25) is 4.79 Å². The Labute approximate surface area is 69.1 Å². The van der Waals surface area contributed by atoms with Gasteiger partial charge in [-0.05, 0) is 6.08 Å². The maximum absolute atomic E-state index is 12.9. The van der Waals surface area contributed by atoms with Crippen LogP contribution in [0.25, 0.3) is 0 Å². The number of hydrogen-bond donors (Lipinski definition) is 0. The minimum atomic E-state index is -0.551. The van der Waals surface area contributed by atoms with Crippen LogP contribution >= 0.6 is 0 Å². The topological polar surface area (TPSA) is 17.1 Å². The van der Waals surface area contributed by atoms with Gasteiger partial charge in [0, 0.05) is 18.4 Å². The van der Waals surface area contributed by atoms with Gasteiger partial charge in [0.2, 0.25) is 0 Å². The summed E-state index contributed by atoms with van der Waals surface area (Å²) in [5.74, 6) is -1.05. The van der Waals surface area contributed by atoms with Crippen LogP contribution in [0.5, 0.6) is 0 Å². The van der Waals surface area contributed by atoms with Crippen LogP contribution in [-0.4, -0.2) is 6.29 Å². The molecule has 0 radical (unpaired) electrons. The number of aldehydes is 1. The van der Waals surface area contributed by atoms with Crippen LogP contribution in [0.1, 0.15) is 12.8 Å². The first-order valence-electron chi connectivity index (χ1n) is 3.58. The van der Waals surface area contributed by atoms with Crippen molar-refractivity contribution in [3.63, 3.8) is 0 Å². The first-order valence-corrected chi connectivity index (χ1v) is 3.58. The van der Waals surface area contributed by atoms with Crippen LogP contribution in [0.2, 0.25) is 0 Å². The minimum absolute atomic E-state index is 0.0673. The molecule has 0 unspecified atom stereocenters. The quantitative estimate of drug-likeness (QED) is 0.553. The number of halogens is 2. The van der Waals surface area contributed by atoms with Crippen molar-refractivity contribution in [3.05, 3.63) is 35.5 Å². The van der Waals surface area contributed by atoms with E-state index in [1.807, 2.05) is 0 Å². The average molecular weight is 170 g/mol. The van der Waals surface area contributed by atoms with Gasteiger partial charge in [0.15, 0.2) is 0 Å². The zero-order chi connectivity index (χ0) is 8.97. The van der Waals surface area contributed by atoms with Crippen molar-refractivity contribution in [2.75, 3.05) is 0 Å². The fourth-order valence-electron chi connectivity index (χ4n) is 0.917. The van der Waals surface area contributed by atoms with E-state index in [0.717, 1.165) is 0 Å². The van der Waals surface area contributed by atoms with Crippen molar-refractivity contribution in [2.24, 2.45) is 0 Å². The zero-order valence-electron chi connectivity index (χ0n) is 6.39. The van der Waals surface area contributed by atoms with E-state index in [-0.39, 0.29) is 18.4 Å². The van der Waals surface area contributed by atoms with Gasteiger partial charge >= 0.3 is 0 Å². The van der Waals surface area contributed by atoms with E-state index in [1.165, 1.54) is 18.2 Å². The van der Waals surface area contributed by atoms with Gasteiger partial charge in [0.1, 0.15) is 17.9 Å². The summed E-state index contributed by atoms with van der Waals surface area (Å²) < 4.78 is 25.6. The monoisotopic (exact) mass is 170 g/mol. The molecular weight excluding hydrogens is 162 g/mol. The van der Waals surface area contributed by atoms with Crippen LogP contribution in [0.4, 0.5) is 8.78 Å². The normalized spacial score (nSPS) is 28.7. The Morgan fingerprint density at radius 3 is 2.83 bits per heavy atom. The largest absolute Gasteiger partial charge is 0.298 e. The second kappa shape index (κ2) is 3.95. The molecule has 3 heteroatoms. The van der Waals surface area contributed by atoms with E-state index in [0.29, 0.717) is 6.29 Å². The number of carbonyl (C=O) groups excluding carboxylic acids is 1. The van der Waals surface area contributed by atoms with Crippen LogP contribution < -0.4 is 0 Å². The number of allylic oxidation sites excluding steroid dienone is 6. The predicted octanol–water partition coefficient (Wildman–Crippen LogP) is 2.61. The second-order valence-corrected chi connectivity index (χ2v) is 2.47. The molecular formula is C9H8F2O. The molecule has 1 aliphatic carbocycles. The number of carbonyl (C=O) groups is 1. The summed E-state index contributed by atoms with van der Waals surface area (Å²) in [4.78, 5) is 10.3. The zero-order valence-corrected chi connectivity index (χ0v) is 6.39. The highest BCUT2D eigenvalue weighted by Gasteiger charge is 2.08. The van der Waals surface area contributed by atoms with Crippen molar-refractivity contribution in [1.29, 1.82) is 0 Å². The molecule has 1 rings (SSSR count). The summed E-state index contributed by atoms with van der Waals surface area (Å²) in [6.07, 6.45) is 4.34. The van der Waals surface area contributed by atoms with E-state index < -0.39 is 11.7 Å². The number of rotatable bonds is 1. The van der Waals surface area contributed by atoms with Gasteiger partial charge < -0.3 is 0 Å².